The van der Waals surface area contributed by atoms with Crippen molar-refractivity contribution in [2.75, 3.05) is 40.3 Å². The first-order chi connectivity index (χ1) is 20.1. The fourth-order valence-electron chi connectivity index (χ4n) is 7.18. The van der Waals surface area contributed by atoms with Gasteiger partial charge in [0.2, 0.25) is 0 Å². The van der Waals surface area contributed by atoms with Gasteiger partial charge in [-0.3, -0.25) is 0 Å². The van der Waals surface area contributed by atoms with Gasteiger partial charge in [-0.15, -0.1) is 0 Å². The molecular weight excluding hydrogens is 532 g/mol. The fourth-order valence-corrected chi connectivity index (χ4v) is 7.18. The van der Waals surface area contributed by atoms with Crippen LogP contribution >= 0.6 is 0 Å². The molecule has 8 nitrogen and oxygen atoms in total. The van der Waals surface area contributed by atoms with Gasteiger partial charge in [-0.05, 0) is 137 Å². The van der Waals surface area contributed by atoms with Crippen LogP contribution in [0.2, 0.25) is 0 Å². The van der Waals surface area contributed by atoms with Gasteiger partial charge >= 0.3 is 0 Å². The molecule has 2 aliphatic heterocycles. The summed E-state index contributed by atoms with van der Waals surface area (Å²) in [4.78, 5) is 23.7. The minimum Gasteiger partial charge on any atom is -0.545 e. The van der Waals surface area contributed by atoms with Crippen molar-refractivity contribution in [2.45, 2.75) is 62.6 Å². The lowest BCUT2D eigenvalue weighted by molar-refractivity contribution is -0.301. The van der Waals surface area contributed by atoms with E-state index in [0.29, 0.717) is 24.0 Å². The van der Waals surface area contributed by atoms with E-state index in [9.17, 15) is 30.0 Å². The Morgan fingerprint density at radius 2 is 0.952 bits per heavy atom. The van der Waals surface area contributed by atoms with E-state index in [2.05, 4.69) is 60.3 Å². The van der Waals surface area contributed by atoms with Crippen molar-refractivity contribution in [2.24, 2.45) is 11.8 Å². The molecule has 6 rings (SSSR count). The number of nitrogens with zero attached hydrogens (tertiary/aromatic N) is 2. The molecule has 0 bridgehead atoms. The molecule has 2 aliphatic carbocycles. The van der Waals surface area contributed by atoms with Crippen molar-refractivity contribution in [3.05, 3.63) is 82.9 Å². The Balaban J connectivity index is 0.000000155. The highest BCUT2D eigenvalue weighted by Gasteiger charge is 2.36. The van der Waals surface area contributed by atoms with E-state index in [1.165, 1.54) is 74.1 Å². The number of carboxylic acids is 2. The van der Waals surface area contributed by atoms with Gasteiger partial charge in [0, 0.05) is 0 Å². The lowest BCUT2D eigenvalue weighted by atomic mass is 9.81. The summed E-state index contributed by atoms with van der Waals surface area (Å²) in [7, 11) is 4.40. The van der Waals surface area contributed by atoms with Crippen LogP contribution in [0.5, 0.6) is 0 Å². The molecule has 0 amide bonds. The Morgan fingerprint density at radius 1 is 0.643 bits per heavy atom. The molecule has 2 N–H and O–H groups in total. The molecule has 0 aromatic heterocycles. The Morgan fingerprint density at radius 3 is 1.26 bits per heavy atom. The van der Waals surface area contributed by atoms with Gasteiger partial charge in [0.25, 0.3) is 0 Å². The van der Waals surface area contributed by atoms with Crippen LogP contribution in [0, 0.1) is 11.8 Å². The molecule has 2 fully saturated rings. The fraction of sp³-hybridized carbons (Fsp3) is 0.529. The summed E-state index contributed by atoms with van der Waals surface area (Å²) in [5.41, 5.74) is 5.18. The van der Waals surface area contributed by atoms with Crippen molar-refractivity contribution in [3.63, 3.8) is 0 Å². The summed E-state index contributed by atoms with van der Waals surface area (Å²) in [5.74, 6) is -0.373. The number of fused-ring (bicyclic) bond motifs is 2. The number of hydrogen-bond acceptors (Lipinski definition) is 8. The molecular formula is C34H44N2O6-2. The Kier molecular flexibility index (Phi) is 11.3. The maximum Gasteiger partial charge on any atom is 0.0798 e. The first-order valence-corrected chi connectivity index (χ1v) is 15.1. The largest absolute Gasteiger partial charge is 0.545 e. The highest BCUT2D eigenvalue weighted by Crippen LogP contribution is 2.47. The van der Waals surface area contributed by atoms with Gasteiger partial charge in [-0.25, -0.2) is 0 Å². The number of carbonyl (C=O) groups excluding carboxylic acids is 2. The third kappa shape index (κ3) is 8.28. The van der Waals surface area contributed by atoms with Crippen molar-refractivity contribution in [1.29, 1.82) is 0 Å². The van der Waals surface area contributed by atoms with Crippen LogP contribution in [0.25, 0.3) is 0 Å². The molecule has 0 saturated carbocycles. The average Bonchev–Trinajstić information content (AvgIpc) is 3.50. The normalized spacial score (nSPS) is 26.5. The van der Waals surface area contributed by atoms with Crippen LogP contribution in [-0.2, 0) is 9.59 Å². The van der Waals surface area contributed by atoms with Gasteiger partial charge < -0.3 is 39.8 Å². The minimum atomic E-state index is -1.55. The van der Waals surface area contributed by atoms with Crippen molar-refractivity contribution in [3.8, 4) is 0 Å². The zero-order valence-electron chi connectivity index (χ0n) is 24.7. The molecule has 4 atom stereocenters. The van der Waals surface area contributed by atoms with E-state index in [1.54, 1.807) is 0 Å². The standard InChI is InChI=1S/2C15H21NO.C4H4O4/c2*1-16-8-6-11(7-9-16)14-10-15(17)13-5-3-2-4-12(13)14;5-3(6)1-2-4(7)8/h2*2-5,11,14-15,17H,6-10H2,1H3;1-2H,(H,5,6)(H,7,8)/p-2/b;;2-1+. The first-order valence-electron chi connectivity index (χ1n) is 15.1. The molecule has 0 radical (unpaired) electrons. The second-order valence-electron chi connectivity index (χ2n) is 12.2. The number of rotatable bonds is 4. The summed E-state index contributed by atoms with van der Waals surface area (Å²) >= 11 is 0. The van der Waals surface area contributed by atoms with Crippen LogP contribution in [0.4, 0.5) is 0 Å². The van der Waals surface area contributed by atoms with E-state index in [0.717, 1.165) is 24.7 Å². The Labute approximate surface area is 249 Å². The van der Waals surface area contributed by atoms with Crippen LogP contribution in [-0.4, -0.2) is 72.2 Å². The van der Waals surface area contributed by atoms with Gasteiger partial charge in [0.15, 0.2) is 0 Å². The van der Waals surface area contributed by atoms with E-state index < -0.39 is 11.9 Å². The molecule has 2 aromatic carbocycles. The van der Waals surface area contributed by atoms with Crippen molar-refractivity contribution >= 4 is 11.9 Å². The zero-order chi connectivity index (χ0) is 30.2. The quantitative estimate of drug-likeness (QED) is 0.530. The van der Waals surface area contributed by atoms with Crippen molar-refractivity contribution in [1.82, 2.24) is 9.80 Å². The smallest absolute Gasteiger partial charge is 0.0798 e. The summed E-state index contributed by atoms with van der Waals surface area (Å²) in [6.45, 7) is 4.83. The molecule has 4 aliphatic rings. The zero-order valence-corrected chi connectivity index (χ0v) is 24.7. The number of likely N-dealkylation sites (tertiary alicyclic amines) is 2. The molecule has 42 heavy (non-hydrogen) atoms. The number of carbonyl (C=O) groups is 2. The summed E-state index contributed by atoms with van der Waals surface area (Å²) in [6.07, 6.45) is 7.31. The van der Waals surface area contributed by atoms with Crippen molar-refractivity contribution < 1.29 is 30.0 Å². The average molecular weight is 577 g/mol. The number of piperidine rings is 2. The predicted octanol–water partition coefficient (Wildman–Crippen LogP) is 2.14. The third-order valence-corrected chi connectivity index (χ3v) is 9.48. The highest BCUT2D eigenvalue weighted by atomic mass is 16.4. The molecule has 8 heteroatoms. The van der Waals surface area contributed by atoms with Gasteiger partial charge in [-0.1, -0.05) is 48.5 Å². The van der Waals surface area contributed by atoms with Gasteiger partial charge in [0.1, 0.15) is 0 Å². The second kappa shape index (κ2) is 14.9. The van der Waals surface area contributed by atoms with Crippen LogP contribution < -0.4 is 10.2 Å². The monoisotopic (exact) mass is 576 g/mol. The maximum atomic E-state index is 10.1. The molecule has 2 saturated heterocycles. The molecule has 2 heterocycles. The highest BCUT2D eigenvalue weighted by molar-refractivity contribution is 5.87. The molecule has 0 spiro atoms. The van der Waals surface area contributed by atoms with Gasteiger partial charge in [-0.2, -0.15) is 0 Å². The number of benzene rings is 2. The SMILES string of the molecule is CN1CCC(C2CC(O)c3ccccc32)CC1.CN1CCC(C2CC(O)c3ccccc32)CC1.O=C([O-])/C=C/C(=O)[O-]. The summed E-state index contributed by atoms with van der Waals surface area (Å²) in [5, 5.41) is 39.1. The van der Waals surface area contributed by atoms with Crippen LogP contribution in [0.3, 0.4) is 0 Å². The number of aliphatic hydroxyl groups excluding tert-OH is 2. The van der Waals surface area contributed by atoms with Crippen LogP contribution in [0.15, 0.2) is 60.7 Å². The lowest BCUT2D eigenvalue weighted by Crippen LogP contribution is -2.32. The predicted molar refractivity (Wildman–Crippen MR) is 157 cm³/mol. The lowest BCUT2D eigenvalue weighted by Gasteiger charge is -2.33. The Hall–Kier alpha value is -3.04. The van der Waals surface area contributed by atoms with E-state index >= 15 is 0 Å². The van der Waals surface area contributed by atoms with E-state index in [1.807, 2.05) is 12.1 Å². The summed E-state index contributed by atoms with van der Waals surface area (Å²) < 4.78 is 0. The van der Waals surface area contributed by atoms with Gasteiger partial charge in [0.05, 0.1) is 24.1 Å². The Bertz CT molecular complexity index is 1120. The number of carboxylic acid groups (broad SMARTS) is 2. The first kappa shape index (κ1) is 31.9. The number of hydrogen-bond donors (Lipinski definition) is 2. The van der Waals surface area contributed by atoms with Crippen LogP contribution in [0.1, 0.15) is 84.8 Å². The second-order valence-corrected chi connectivity index (χ2v) is 12.2. The maximum absolute atomic E-state index is 10.1. The molecule has 2 aromatic rings. The molecule has 228 valence electrons. The third-order valence-electron chi connectivity index (χ3n) is 9.48. The van der Waals surface area contributed by atoms with E-state index in [4.69, 9.17) is 0 Å². The minimum absolute atomic E-state index is 0.226. The molecule has 4 unspecified atom stereocenters. The number of aliphatic carboxylic acids is 2. The van der Waals surface area contributed by atoms with E-state index in [-0.39, 0.29) is 12.2 Å². The topological polar surface area (TPSA) is 127 Å². The number of aliphatic hydroxyl groups is 2. The summed E-state index contributed by atoms with van der Waals surface area (Å²) in [6, 6.07) is 16.9.